The van der Waals surface area contributed by atoms with Gasteiger partial charge in [0.2, 0.25) is 70.9 Å². The van der Waals surface area contributed by atoms with Gasteiger partial charge in [-0.2, -0.15) is 26.3 Å². The van der Waals surface area contributed by atoms with Gasteiger partial charge in [-0.1, -0.05) is 64.5 Å². The standard InChI is InChI=1S/C78H122F6N12O14/c1-13-47(4)65-73(106)90(7)46-64(99)91(8)56-27-17-16-20-38-95(72(56)105)60(40-49-28-32-52(33-29-49)77(79,80)81)71(104)89(6)45-62(97)85-55(35-31-50-30-34-54(78(82,83)84)61(41-50)109-12)69(102)96-44-53(110-15-3)42-58(96)68(101)87-76(36-22-37-76)75(108)94(11)66(51-25-18-19-26-51)74(107)93(10)59(70(103)88(5)14-2)43-63(98)92(9)57(67(100)86-65)39-48-23-21-24-48/h16-17,47-61,65-66H,13-15,18-46H2,1-12H3,(H,85,97)(H,86,100)(H,87,101)/b17-16-/t47-,49?,50?,52?,53+,54?,55-,56-,57-,58-,59-,60-,61?,65-,66-/m0/s1. The van der Waals surface area contributed by atoms with Gasteiger partial charge in [0.05, 0.1) is 43.6 Å². The van der Waals surface area contributed by atoms with Crippen LogP contribution >= 0.6 is 0 Å². The van der Waals surface area contributed by atoms with Gasteiger partial charge in [-0.05, 0) is 159 Å². The van der Waals surface area contributed by atoms with E-state index in [4.69, 9.17) is 9.47 Å². The molecule has 7 fully saturated rings. The highest BCUT2D eigenvalue weighted by molar-refractivity contribution is 6.01. The number of nitrogens with zero attached hydrogens (tertiary/aromatic N) is 9. The molecule has 0 aromatic carbocycles. The molecule has 8 rings (SSSR count). The summed E-state index contributed by atoms with van der Waals surface area (Å²) < 4.78 is 97.0. The molecule has 620 valence electrons. The van der Waals surface area contributed by atoms with Gasteiger partial charge >= 0.3 is 12.4 Å². The highest BCUT2D eigenvalue weighted by atomic mass is 19.4. The molecule has 2 saturated heterocycles. The molecule has 0 aromatic heterocycles. The zero-order chi connectivity index (χ0) is 81.0. The van der Waals surface area contributed by atoms with Crippen molar-refractivity contribution in [2.45, 2.75) is 273 Å². The van der Waals surface area contributed by atoms with Gasteiger partial charge in [0, 0.05) is 89.1 Å². The van der Waals surface area contributed by atoms with Crippen molar-refractivity contribution in [2.75, 3.05) is 95.8 Å². The van der Waals surface area contributed by atoms with Crippen molar-refractivity contribution in [2.24, 2.45) is 41.4 Å². The lowest BCUT2D eigenvalue weighted by atomic mass is 9.74. The Kier molecular flexibility index (Phi) is 31.0. The molecule has 1 spiro atoms. The van der Waals surface area contributed by atoms with Crippen molar-refractivity contribution in [1.29, 1.82) is 0 Å². The summed E-state index contributed by atoms with van der Waals surface area (Å²) in [5.74, 6) is -13.9. The van der Waals surface area contributed by atoms with Crippen molar-refractivity contribution >= 4 is 70.9 Å². The van der Waals surface area contributed by atoms with Crippen LogP contribution in [0.15, 0.2) is 12.2 Å². The number of rotatable bonds is 15. The number of methoxy groups -OCH3 is 1. The third-order valence-electron chi connectivity index (χ3n) is 25.8. The first-order chi connectivity index (χ1) is 51.9. The molecule has 5 aliphatic carbocycles. The zero-order valence-corrected chi connectivity index (χ0v) is 66.6. The molecule has 26 nitrogen and oxygen atoms in total. The van der Waals surface area contributed by atoms with E-state index in [9.17, 15) is 45.5 Å². The lowest BCUT2D eigenvalue weighted by molar-refractivity contribution is -0.215. The Bertz CT molecular complexity index is 3290. The molecule has 2 bridgehead atoms. The number of alkyl halides is 6. The molecular formula is C78H122F6N12O14. The molecule has 12 amide bonds. The van der Waals surface area contributed by atoms with Crippen molar-refractivity contribution in [1.82, 2.24) is 60.0 Å². The molecule has 8 aliphatic rings. The lowest BCUT2D eigenvalue weighted by Gasteiger charge is -2.46. The molecule has 110 heavy (non-hydrogen) atoms. The van der Waals surface area contributed by atoms with E-state index in [1.54, 1.807) is 32.9 Å². The molecule has 0 radical (unpaired) electrons. The second-order valence-electron chi connectivity index (χ2n) is 32.8. The third-order valence-corrected chi connectivity index (χ3v) is 25.8. The van der Waals surface area contributed by atoms with E-state index in [0.29, 0.717) is 38.5 Å². The second kappa shape index (κ2) is 38.6. The zero-order valence-electron chi connectivity index (χ0n) is 66.6. The maximum atomic E-state index is 15.7. The number of halogens is 6. The van der Waals surface area contributed by atoms with Gasteiger partial charge in [-0.3, -0.25) is 57.5 Å². The number of carbonyl (C=O) groups excluding carboxylic acids is 12. The minimum absolute atomic E-state index is 0.00379. The number of carbonyl (C=O) groups is 12. The first-order valence-electron chi connectivity index (χ1n) is 40.2. The maximum Gasteiger partial charge on any atom is 0.394 e. The van der Waals surface area contributed by atoms with Crippen LogP contribution in [0.4, 0.5) is 26.3 Å². The number of hydrogen-bond acceptors (Lipinski definition) is 14. The summed E-state index contributed by atoms with van der Waals surface area (Å²) in [6.07, 6.45) is -2.94. The molecule has 13 atom stereocenters. The lowest BCUT2D eigenvalue weighted by Crippen LogP contribution is -2.68. The Morgan fingerprint density at radius 3 is 1.85 bits per heavy atom. The fourth-order valence-corrected chi connectivity index (χ4v) is 17.9. The minimum Gasteiger partial charge on any atom is -0.381 e. The van der Waals surface area contributed by atoms with E-state index in [1.165, 1.54) is 85.8 Å². The van der Waals surface area contributed by atoms with Crippen LogP contribution in [-0.4, -0.2) is 289 Å². The smallest absolute Gasteiger partial charge is 0.381 e. The van der Waals surface area contributed by atoms with Crippen LogP contribution in [0.25, 0.3) is 0 Å². The fourth-order valence-electron chi connectivity index (χ4n) is 17.9. The third kappa shape index (κ3) is 21.2. The van der Waals surface area contributed by atoms with Gasteiger partial charge in [0.15, 0.2) is 0 Å². The van der Waals surface area contributed by atoms with E-state index in [0.717, 1.165) is 34.0 Å². The van der Waals surface area contributed by atoms with Crippen LogP contribution < -0.4 is 16.0 Å². The first-order valence-corrected chi connectivity index (χ1v) is 40.2. The number of likely N-dealkylation sites (N-methyl/N-ethyl adjacent to an activating group) is 7. The Labute approximate surface area is 644 Å². The van der Waals surface area contributed by atoms with E-state index in [1.807, 2.05) is 6.92 Å². The molecule has 32 heteroatoms. The monoisotopic (exact) mass is 1560 g/mol. The summed E-state index contributed by atoms with van der Waals surface area (Å²) in [6.45, 7) is 5.63. The Morgan fingerprint density at radius 1 is 0.627 bits per heavy atom. The molecule has 3 unspecified atom stereocenters. The van der Waals surface area contributed by atoms with Crippen LogP contribution in [0.3, 0.4) is 0 Å². The summed E-state index contributed by atoms with van der Waals surface area (Å²) in [5.41, 5.74) is -1.63. The van der Waals surface area contributed by atoms with Crippen LogP contribution in [0, 0.1) is 41.4 Å². The molecule has 3 N–H and O–H groups in total. The number of nitrogens with one attached hydrogen (secondary N) is 3. The molecular weight excluding hydrogens is 1440 g/mol. The predicted octanol–water partition coefficient (Wildman–Crippen LogP) is 6.61. The Balaban J connectivity index is 1.20. The van der Waals surface area contributed by atoms with E-state index < -0.39 is 204 Å². The highest BCUT2D eigenvalue weighted by Gasteiger charge is 2.55. The van der Waals surface area contributed by atoms with Crippen LogP contribution in [0.5, 0.6) is 0 Å². The van der Waals surface area contributed by atoms with Gasteiger partial charge in [0.25, 0.3) is 0 Å². The summed E-state index contributed by atoms with van der Waals surface area (Å²) in [5, 5.41) is 8.73. The van der Waals surface area contributed by atoms with Gasteiger partial charge in [-0.25, -0.2) is 0 Å². The molecule has 3 heterocycles. The molecule has 0 aromatic rings. The summed E-state index contributed by atoms with van der Waals surface area (Å²) in [7, 11) is 11.0. The van der Waals surface area contributed by atoms with Crippen molar-refractivity contribution in [3.05, 3.63) is 12.2 Å². The average molecular weight is 1570 g/mol. The van der Waals surface area contributed by atoms with Crippen LogP contribution in [0.2, 0.25) is 0 Å². The normalized spacial score (nSPS) is 31.7. The second-order valence-corrected chi connectivity index (χ2v) is 32.8. The number of amides is 12. The minimum atomic E-state index is -4.56. The number of hydrogen-bond donors (Lipinski definition) is 3. The van der Waals surface area contributed by atoms with Crippen LogP contribution in [0.1, 0.15) is 195 Å². The predicted molar refractivity (Wildman–Crippen MR) is 394 cm³/mol. The van der Waals surface area contributed by atoms with E-state index in [2.05, 4.69) is 16.0 Å². The van der Waals surface area contributed by atoms with Gasteiger partial charge < -0.3 is 69.5 Å². The van der Waals surface area contributed by atoms with Crippen molar-refractivity contribution in [3.8, 4) is 0 Å². The summed E-state index contributed by atoms with van der Waals surface area (Å²) in [4.78, 5) is 194. The fraction of sp³-hybridized carbons (Fsp3) is 0.821. The quantitative estimate of drug-likeness (QED) is 0.115. The summed E-state index contributed by atoms with van der Waals surface area (Å²) in [6, 6.07) is -10.7. The van der Waals surface area contributed by atoms with Crippen molar-refractivity contribution < 1.29 is 93.4 Å². The topological polar surface area (TPSA) is 289 Å². The van der Waals surface area contributed by atoms with Crippen LogP contribution in [-0.2, 0) is 67.0 Å². The number of ether oxygens (including phenoxy) is 2. The van der Waals surface area contributed by atoms with E-state index >= 15 is 38.4 Å². The van der Waals surface area contributed by atoms with Crippen molar-refractivity contribution in [3.63, 3.8) is 0 Å². The first kappa shape index (κ1) is 88.4. The molecule has 5 saturated carbocycles. The Hall–Kier alpha value is -7.12. The van der Waals surface area contributed by atoms with Gasteiger partial charge in [0.1, 0.15) is 53.9 Å². The largest absolute Gasteiger partial charge is 0.394 e. The average Bonchev–Trinajstić information content (AvgIpc) is 0.995. The molecule has 3 aliphatic heterocycles. The Morgan fingerprint density at radius 2 is 1.26 bits per heavy atom. The van der Waals surface area contributed by atoms with E-state index in [-0.39, 0.29) is 135 Å². The highest BCUT2D eigenvalue weighted by Crippen LogP contribution is 2.45. The van der Waals surface area contributed by atoms with Gasteiger partial charge in [-0.15, -0.1) is 0 Å². The SMILES string of the molecule is CCO[C@@H]1C[C@H]2C(=O)NC3(CCC3)C(=O)N(C)[C@@H](C3CCCC3)C(=O)N(C)[C@H](C(=O)N(C)CC)CC(=O)N(C)[C@@H](CC3CCC3)C(=O)N[C@@H]([C@@H](C)CC)C(=O)N(C)CC(=O)N(C)[C@H]3C/C=C\CCN(C3=O)[C@@H](CC3CCC(C(F)(F)F)CC3)C(=O)N(C)CC(=O)N[C@@H](CCC3CCC(C(F)(F)F)C(OC)C3)C(=O)N2C1. The maximum absolute atomic E-state index is 15.7. The summed E-state index contributed by atoms with van der Waals surface area (Å²) >= 11 is 0. The number of fused-ring (bicyclic) bond motifs is 3.